The van der Waals surface area contributed by atoms with Crippen LogP contribution in [0.3, 0.4) is 0 Å². The number of benzene rings is 1. The fourth-order valence-corrected chi connectivity index (χ4v) is 4.05. The van der Waals surface area contributed by atoms with E-state index >= 15 is 0 Å². The Hall–Kier alpha value is -1.15. The molecule has 0 unspecified atom stereocenters. The van der Waals surface area contributed by atoms with Crippen molar-refractivity contribution in [3.05, 3.63) is 33.2 Å². The summed E-state index contributed by atoms with van der Waals surface area (Å²) < 4.78 is 2.76. The van der Waals surface area contributed by atoms with Crippen LogP contribution in [0, 0.1) is 3.95 Å². The van der Waals surface area contributed by atoms with Crippen molar-refractivity contribution in [3.63, 3.8) is 0 Å². The van der Waals surface area contributed by atoms with Crippen LogP contribution in [0.5, 0.6) is 0 Å². The Morgan fingerprint density at radius 1 is 1.28 bits per heavy atom. The molecule has 3 rings (SSSR count). The standard InChI is InChI=1S/C17H24ClN5S2/c1-2-3-7-19-16-20-23(17(24)25-16)13-21-8-10-22(11-9-21)15-6-4-5-14(18)12-15/h4-6,12H,2-3,7-11,13H2,1H3,(H,19,20). The van der Waals surface area contributed by atoms with Crippen LogP contribution in [-0.4, -0.2) is 47.4 Å². The third-order valence-electron chi connectivity index (χ3n) is 4.29. The number of halogens is 1. The molecule has 1 aromatic carbocycles. The van der Waals surface area contributed by atoms with Crippen LogP contribution in [0.1, 0.15) is 19.8 Å². The van der Waals surface area contributed by atoms with Crippen molar-refractivity contribution in [2.24, 2.45) is 0 Å². The molecule has 25 heavy (non-hydrogen) atoms. The van der Waals surface area contributed by atoms with Gasteiger partial charge in [-0.1, -0.05) is 42.3 Å². The lowest BCUT2D eigenvalue weighted by atomic mass is 10.2. The van der Waals surface area contributed by atoms with Gasteiger partial charge in [0.1, 0.15) is 0 Å². The second-order valence-electron chi connectivity index (χ2n) is 6.18. The van der Waals surface area contributed by atoms with Crippen molar-refractivity contribution in [2.45, 2.75) is 26.4 Å². The third-order valence-corrected chi connectivity index (χ3v) is 5.79. The fraction of sp³-hybridized carbons (Fsp3) is 0.529. The van der Waals surface area contributed by atoms with Crippen LogP contribution >= 0.6 is 35.2 Å². The second-order valence-corrected chi connectivity index (χ2v) is 8.24. The lowest BCUT2D eigenvalue weighted by molar-refractivity contribution is 0.195. The zero-order chi connectivity index (χ0) is 17.6. The summed E-state index contributed by atoms with van der Waals surface area (Å²) in [6.45, 7) is 7.85. The zero-order valence-electron chi connectivity index (χ0n) is 14.4. The molecule has 0 aliphatic carbocycles. The number of hydrogen-bond acceptors (Lipinski definition) is 6. The van der Waals surface area contributed by atoms with Crippen molar-refractivity contribution >= 4 is 46.0 Å². The first-order valence-corrected chi connectivity index (χ1v) is 10.3. The number of unbranched alkanes of at least 4 members (excludes halogenated alkanes) is 1. The van der Waals surface area contributed by atoms with Crippen LogP contribution in [-0.2, 0) is 6.67 Å². The molecule has 2 heterocycles. The Bertz CT molecular complexity index is 737. The van der Waals surface area contributed by atoms with E-state index in [9.17, 15) is 0 Å². The molecule has 0 amide bonds. The lowest BCUT2D eigenvalue weighted by Crippen LogP contribution is -2.46. The quantitative estimate of drug-likeness (QED) is 0.556. The summed E-state index contributed by atoms with van der Waals surface area (Å²) in [5, 5.41) is 9.69. The highest BCUT2D eigenvalue weighted by Crippen LogP contribution is 2.21. The van der Waals surface area contributed by atoms with Gasteiger partial charge in [0.15, 0.2) is 3.95 Å². The Kier molecular flexibility index (Phi) is 6.70. The molecule has 1 aliphatic rings. The Morgan fingerprint density at radius 2 is 2.08 bits per heavy atom. The maximum absolute atomic E-state index is 6.10. The maximum atomic E-state index is 6.10. The largest absolute Gasteiger partial charge is 0.369 e. The van der Waals surface area contributed by atoms with Gasteiger partial charge in [-0.25, -0.2) is 4.68 Å². The first kappa shape index (κ1) is 18.6. The molecule has 136 valence electrons. The molecule has 2 aromatic rings. The minimum Gasteiger partial charge on any atom is -0.369 e. The molecular formula is C17H24ClN5S2. The molecule has 8 heteroatoms. The third kappa shape index (κ3) is 5.17. The molecule has 1 saturated heterocycles. The number of piperazine rings is 1. The van der Waals surface area contributed by atoms with Crippen LogP contribution in [0.15, 0.2) is 24.3 Å². The van der Waals surface area contributed by atoms with Gasteiger partial charge in [0.05, 0.1) is 6.67 Å². The minimum atomic E-state index is 0.758. The van der Waals surface area contributed by atoms with Crippen LogP contribution < -0.4 is 10.2 Å². The number of hydrogen-bond donors (Lipinski definition) is 1. The van der Waals surface area contributed by atoms with Gasteiger partial charge in [-0.05, 0) is 36.8 Å². The van der Waals surface area contributed by atoms with Gasteiger partial charge in [-0.2, -0.15) is 0 Å². The Labute approximate surface area is 163 Å². The first-order valence-electron chi connectivity index (χ1n) is 8.70. The molecule has 0 radical (unpaired) electrons. The Balaban J connectivity index is 1.53. The maximum Gasteiger partial charge on any atom is 0.204 e. The van der Waals surface area contributed by atoms with Crippen LogP contribution in [0.25, 0.3) is 0 Å². The van der Waals surface area contributed by atoms with Gasteiger partial charge < -0.3 is 10.2 Å². The summed E-state index contributed by atoms with van der Waals surface area (Å²) in [6.07, 6.45) is 2.33. The van der Waals surface area contributed by atoms with Crippen molar-refractivity contribution in [2.75, 3.05) is 42.9 Å². The molecule has 0 saturated carbocycles. The molecule has 0 bridgehead atoms. The number of nitrogens with zero attached hydrogens (tertiary/aromatic N) is 4. The zero-order valence-corrected chi connectivity index (χ0v) is 16.8. The number of nitrogens with one attached hydrogen (secondary N) is 1. The van der Waals surface area contributed by atoms with E-state index in [0.29, 0.717) is 0 Å². The van der Waals surface area contributed by atoms with E-state index in [-0.39, 0.29) is 0 Å². The average molecular weight is 398 g/mol. The fourth-order valence-electron chi connectivity index (χ4n) is 2.85. The minimum absolute atomic E-state index is 0.758. The normalized spacial score (nSPS) is 15.5. The number of rotatable bonds is 7. The van der Waals surface area contributed by atoms with E-state index in [2.05, 4.69) is 33.2 Å². The highest BCUT2D eigenvalue weighted by atomic mass is 35.5. The summed E-state index contributed by atoms with van der Waals surface area (Å²) in [5.74, 6) is 0. The van der Waals surface area contributed by atoms with E-state index in [4.69, 9.17) is 23.8 Å². The van der Waals surface area contributed by atoms with Crippen molar-refractivity contribution < 1.29 is 0 Å². The lowest BCUT2D eigenvalue weighted by Gasteiger charge is -2.35. The molecule has 1 fully saturated rings. The molecule has 5 nitrogen and oxygen atoms in total. The van der Waals surface area contributed by atoms with E-state index < -0.39 is 0 Å². The Morgan fingerprint density at radius 3 is 2.80 bits per heavy atom. The smallest absolute Gasteiger partial charge is 0.204 e. The predicted octanol–water partition coefficient (Wildman–Crippen LogP) is 4.32. The summed E-state index contributed by atoms with van der Waals surface area (Å²) in [7, 11) is 0. The molecule has 0 spiro atoms. The summed E-state index contributed by atoms with van der Waals surface area (Å²) in [5.41, 5.74) is 1.19. The van der Waals surface area contributed by atoms with E-state index in [1.165, 1.54) is 12.1 Å². The molecule has 0 atom stereocenters. The summed E-state index contributed by atoms with van der Waals surface area (Å²) in [6, 6.07) is 8.07. The van der Waals surface area contributed by atoms with Gasteiger partial charge in [0.2, 0.25) is 5.13 Å². The monoisotopic (exact) mass is 397 g/mol. The summed E-state index contributed by atoms with van der Waals surface area (Å²) >= 11 is 13.1. The van der Waals surface area contributed by atoms with Gasteiger partial charge in [-0.15, -0.1) is 5.10 Å². The van der Waals surface area contributed by atoms with E-state index in [1.54, 1.807) is 11.3 Å². The van der Waals surface area contributed by atoms with Gasteiger partial charge in [0.25, 0.3) is 0 Å². The van der Waals surface area contributed by atoms with Crippen molar-refractivity contribution in [1.29, 1.82) is 0 Å². The first-order chi connectivity index (χ1) is 12.2. The molecule has 1 N–H and O–H groups in total. The van der Waals surface area contributed by atoms with Crippen LogP contribution in [0.4, 0.5) is 10.8 Å². The average Bonchev–Trinajstić information content (AvgIpc) is 2.95. The van der Waals surface area contributed by atoms with Crippen molar-refractivity contribution in [1.82, 2.24) is 14.7 Å². The number of aromatic nitrogens is 2. The topological polar surface area (TPSA) is 36.3 Å². The second kappa shape index (κ2) is 8.98. The molecular weight excluding hydrogens is 374 g/mol. The summed E-state index contributed by atoms with van der Waals surface area (Å²) in [4.78, 5) is 4.77. The highest BCUT2D eigenvalue weighted by Gasteiger charge is 2.18. The van der Waals surface area contributed by atoms with E-state index in [1.807, 2.05) is 22.9 Å². The predicted molar refractivity (Wildman–Crippen MR) is 110 cm³/mol. The number of anilines is 2. The SMILES string of the molecule is CCCCNc1nn(CN2CCN(c3cccc(Cl)c3)CC2)c(=S)s1. The van der Waals surface area contributed by atoms with Gasteiger partial charge in [-0.3, -0.25) is 4.90 Å². The highest BCUT2D eigenvalue weighted by molar-refractivity contribution is 7.73. The van der Waals surface area contributed by atoms with Crippen LogP contribution in [0.2, 0.25) is 5.02 Å². The van der Waals surface area contributed by atoms with E-state index in [0.717, 1.165) is 59.9 Å². The molecule has 1 aromatic heterocycles. The van der Waals surface area contributed by atoms with Gasteiger partial charge in [0, 0.05) is 43.4 Å². The molecule has 1 aliphatic heterocycles. The van der Waals surface area contributed by atoms with Crippen molar-refractivity contribution in [3.8, 4) is 0 Å². The van der Waals surface area contributed by atoms with Gasteiger partial charge >= 0.3 is 0 Å².